The number of piperidine rings is 1. The van der Waals surface area contributed by atoms with Gasteiger partial charge < -0.3 is 15.3 Å². The summed E-state index contributed by atoms with van der Waals surface area (Å²) in [4.78, 5) is 15.9. The van der Waals surface area contributed by atoms with E-state index in [4.69, 9.17) is 0 Å². The van der Waals surface area contributed by atoms with Crippen LogP contribution >= 0.6 is 0 Å². The van der Waals surface area contributed by atoms with Crippen LogP contribution in [0.25, 0.3) is 0 Å². The Morgan fingerprint density at radius 3 is 2.50 bits per heavy atom. The van der Waals surface area contributed by atoms with Crippen LogP contribution in [0.2, 0.25) is 0 Å². The average molecular weight is 437 g/mol. The smallest absolute Gasteiger partial charge is 0.257 e. The quantitative estimate of drug-likeness (QED) is 0.567. The van der Waals surface area contributed by atoms with Gasteiger partial charge in [-0.25, -0.2) is 0 Å². The molecule has 0 aromatic heterocycles. The van der Waals surface area contributed by atoms with E-state index in [9.17, 15) is 9.90 Å². The van der Waals surface area contributed by atoms with Gasteiger partial charge in [-0.15, -0.1) is 0 Å². The third kappa shape index (κ3) is 5.71. The van der Waals surface area contributed by atoms with E-state index in [0.717, 1.165) is 76.1 Å². The average Bonchev–Trinajstić information content (AvgIpc) is 3.39. The highest BCUT2D eigenvalue weighted by Gasteiger charge is 2.46. The van der Waals surface area contributed by atoms with Gasteiger partial charge in [-0.2, -0.15) is 0 Å². The van der Waals surface area contributed by atoms with Gasteiger partial charge >= 0.3 is 0 Å². The molecule has 0 spiro atoms. The predicted octanol–water partition coefficient (Wildman–Crippen LogP) is 4.95. The number of likely N-dealkylation sites (tertiary alicyclic amines) is 1. The minimum absolute atomic E-state index is 0.0106. The second kappa shape index (κ2) is 11.3. The Hall–Kier alpha value is -1.91. The second-order valence-electron chi connectivity index (χ2n) is 9.96. The van der Waals surface area contributed by atoms with Gasteiger partial charge in [-0.05, 0) is 62.8 Å². The third-order valence-corrected chi connectivity index (χ3v) is 7.76. The fourth-order valence-corrected chi connectivity index (χ4v) is 5.72. The highest BCUT2D eigenvalue weighted by molar-refractivity contribution is 5.87. The van der Waals surface area contributed by atoms with E-state index in [2.05, 4.69) is 34.5 Å². The van der Waals surface area contributed by atoms with Gasteiger partial charge in [0.15, 0.2) is 5.60 Å². The zero-order valence-electron chi connectivity index (χ0n) is 19.4. The zero-order valence-corrected chi connectivity index (χ0v) is 19.4. The molecule has 2 atom stereocenters. The number of hydrogen-bond donors (Lipinski definition) is 2. The lowest BCUT2D eigenvalue weighted by Gasteiger charge is -2.37. The molecule has 1 aromatic carbocycles. The minimum atomic E-state index is -1.41. The molecule has 4 nitrogen and oxygen atoms in total. The summed E-state index contributed by atoms with van der Waals surface area (Å²) in [6.45, 7) is 3.12. The van der Waals surface area contributed by atoms with E-state index in [-0.39, 0.29) is 17.9 Å². The maximum atomic E-state index is 13.4. The Bertz CT molecular complexity index is 776. The van der Waals surface area contributed by atoms with Gasteiger partial charge in [-0.3, -0.25) is 4.79 Å². The summed E-state index contributed by atoms with van der Waals surface area (Å²) in [7, 11) is 0. The fraction of sp³-hybridized carbons (Fsp3) is 0.607. The topological polar surface area (TPSA) is 52.6 Å². The molecule has 1 saturated carbocycles. The molecule has 1 aromatic rings. The first kappa shape index (κ1) is 23.3. The third-order valence-electron chi connectivity index (χ3n) is 7.76. The van der Waals surface area contributed by atoms with E-state index in [0.29, 0.717) is 0 Å². The summed E-state index contributed by atoms with van der Waals surface area (Å²) >= 11 is 0. The SMILES string of the molecule is O=C(NC1CCN(CCC=CC2CC=CCC2)CC1)C(O)(c1ccccc1)C1CCCC1. The van der Waals surface area contributed by atoms with Crippen LogP contribution in [0.3, 0.4) is 0 Å². The van der Waals surface area contributed by atoms with Crippen molar-refractivity contribution in [3.05, 3.63) is 60.2 Å². The van der Waals surface area contributed by atoms with Crippen LogP contribution in [-0.4, -0.2) is 41.6 Å². The molecule has 174 valence electrons. The van der Waals surface area contributed by atoms with Gasteiger partial charge in [-0.1, -0.05) is 67.5 Å². The number of amides is 1. The first-order valence-corrected chi connectivity index (χ1v) is 12.8. The van der Waals surface area contributed by atoms with Gasteiger partial charge in [0, 0.05) is 31.6 Å². The Morgan fingerprint density at radius 1 is 1.06 bits per heavy atom. The molecular formula is C28H40N2O2. The molecule has 1 heterocycles. The van der Waals surface area contributed by atoms with E-state index in [1.54, 1.807) is 0 Å². The summed E-state index contributed by atoms with van der Waals surface area (Å²) < 4.78 is 0. The number of rotatable bonds is 8. The largest absolute Gasteiger partial charge is 0.375 e. The Balaban J connectivity index is 1.26. The molecule has 2 unspecified atom stereocenters. The summed E-state index contributed by atoms with van der Waals surface area (Å²) in [5.74, 6) is 0.541. The van der Waals surface area contributed by atoms with Crippen molar-refractivity contribution in [3.8, 4) is 0 Å². The molecule has 2 aliphatic carbocycles. The number of nitrogens with zero attached hydrogens (tertiary/aromatic N) is 1. The standard InChI is InChI=1S/C28H40N2O2/c31-27(28(32,25-16-7-8-17-25)24-14-5-2-6-15-24)29-26-18-21-30(22-19-26)20-10-9-13-23-11-3-1-4-12-23/h1-3,5-6,9,13-15,23,25-26,32H,4,7-8,10-12,16-22H2,(H,29,31). The molecular weight excluding hydrogens is 396 g/mol. The van der Waals surface area contributed by atoms with Gasteiger partial charge in [0.05, 0.1) is 0 Å². The van der Waals surface area contributed by atoms with Crippen molar-refractivity contribution < 1.29 is 9.90 Å². The van der Waals surface area contributed by atoms with Crippen LogP contribution in [0.5, 0.6) is 0 Å². The molecule has 1 saturated heterocycles. The number of benzene rings is 1. The monoisotopic (exact) mass is 436 g/mol. The van der Waals surface area contributed by atoms with Crippen molar-refractivity contribution in [1.29, 1.82) is 0 Å². The Kier molecular flexibility index (Phi) is 8.20. The number of carbonyl (C=O) groups is 1. The van der Waals surface area contributed by atoms with Gasteiger partial charge in [0.1, 0.15) is 0 Å². The maximum Gasteiger partial charge on any atom is 0.257 e. The lowest BCUT2D eigenvalue weighted by atomic mass is 9.79. The molecule has 0 radical (unpaired) electrons. The molecule has 2 fully saturated rings. The van der Waals surface area contributed by atoms with Crippen molar-refractivity contribution in [2.75, 3.05) is 19.6 Å². The van der Waals surface area contributed by atoms with Crippen molar-refractivity contribution in [3.63, 3.8) is 0 Å². The second-order valence-corrected chi connectivity index (χ2v) is 9.96. The molecule has 0 bridgehead atoms. The minimum Gasteiger partial charge on any atom is -0.375 e. The first-order chi connectivity index (χ1) is 15.7. The number of carbonyl (C=O) groups excluding carboxylic acids is 1. The van der Waals surface area contributed by atoms with Crippen molar-refractivity contribution in [2.45, 2.75) is 75.9 Å². The summed E-state index contributed by atoms with van der Waals surface area (Å²) in [6.07, 6.45) is 20.1. The number of nitrogens with one attached hydrogen (secondary N) is 1. The van der Waals surface area contributed by atoms with Crippen molar-refractivity contribution >= 4 is 5.91 Å². The molecule has 32 heavy (non-hydrogen) atoms. The maximum absolute atomic E-state index is 13.4. The van der Waals surface area contributed by atoms with E-state index >= 15 is 0 Å². The first-order valence-electron chi connectivity index (χ1n) is 12.8. The molecule has 3 aliphatic rings. The number of hydrogen-bond acceptors (Lipinski definition) is 3. The zero-order chi connectivity index (χ0) is 22.2. The predicted molar refractivity (Wildman–Crippen MR) is 130 cm³/mol. The molecule has 1 amide bonds. The van der Waals surface area contributed by atoms with Crippen LogP contribution in [0.4, 0.5) is 0 Å². The van der Waals surface area contributed by atoms with Crippen molar-refractivity contribution in [2.24, 2.45) is 11.8 Å². The highest BCUT2D eigenvalue weighted by atomic mass is 16.3. The van der Waals surface area contributed by atoms with Crippen LogP contribution in [0, 0.1) is 11.8 Å². The van der Waals surface area contributed by atoms with Crippen molar-refractivity contribution in [1.82, 2.24) is 10.2 Å². The van der Waals surface area contributed by atoms with E-state index in [1.165, 1.54) is 19.3 Å². The molecule has 2 N–H and O–H groups in total. The molecule has 1 aliphatic heterocycles. The van der Waals surface area contributed by atoms with Crippen LogP contribution in [-0.2, 0) is 10.4 Å². The van der Waals surface area contributed by atoms with E-state index < -0.39 is 5.60 Å². The summed E-state index contributed by atoms with van der Waals surface area (Å²) in [5, 5.41) is 14.9. The van der Waals surface area contributed by atoms with Gasteiger partial charge in [0.2, 0.25) is 0 Å². The summed E-state index contributed by atoms with van der Waals surface area (Å²) in [6, 6.07) is 9.73. The number of allylic oxidation sites excluding steroid dienone is 3. The van der Waals surface area contributed by atoms with Crippen LogP contribution in [0.1, 0.15) is 69.8 Å². The lowest BCUT2D eigenvalue weighted by Crippen LogP contribution is -2.54. The van der Waals surface area contributed by atoms with Crippen LogP contribution < -0.4 is 5.32 Å². The molecule has 4 rings (SSSR count). The van der Waals surface area contributed by atoms with Crippen LogP contribution in [0.15, 0.2) is 54.6 Å². The number of aliphatic hydroxyl groups is 1. The highest BCUT2D eigenvalue weighted by Crippen LogP contribution is 2.41. The summed E-state index contributed by atoms with van der Waals surface area (Å²) in [5.41, 5.74) is -0.671. The Labute approximate surface area is 193 Å². The fourth-order valence-electron chi connectivity index (χ4n) is 5.72. The van der Waals surface area contributed by atoms with E-state index in [1.807, 2.05) is 30.3 Å². The Morgan fingerprint density at radius 2 is 1.81 bits per heavy atom. The lowest BCUT2D eigenvalue weighted by molar-refractivity contribution is -0.148. The van der Waals surface area contributed by atoms with Gasteiger partial charge in [0.25, 0.3) is 5.91 Å². The molecule has 4 heteroatoms. The normalized spacial score (nSPS) is 25.2.